The van der Waals surface area contributed by atoms with Gasteiger partial charge in [0.05, 0.1) is 5.56 Å². The molecule has 4 heteroatoms. The first-order valence-electron chi connectivity index (χ1n) is 5.88. The van der Waals surface area contributed by atoms with Gasteiger partial charge in [-0.1, -0.05) is 35.4 Å². The molecule has 0 fully saturated rings. The molecular formula is C15H14ClNO2. The Bertz CT molecular complexity index is 611. The van der Waals surface area contributed by atoms with Gasteiger partial charge in [0.15, 0.2) is 0 Å². The van der Waals surface area contributed by atoms with Gasteiger partial charge in [-0.15, -0.1) is 0 Å². The van der Waals surface area contributed by atoms with Crippen LogP contribution in [-0.4, -0.2) is 11.1 Å². The van der Waals surface area contributed by atoms with E-state index in [0.717, 1.165) is 11.1 Å². The van der Waals surface area contributed by atoms with Crippen LogP contribution >= 0.6 is 11.6 Å². The van der Waals surface area contributed by atoms with Crippen molar-refractivity contribution >= 4 is 23.3 Å². The van der Waals surface area contributed by atoms with E-state index < -0.39 is 5.97 Å². The molecule has 2 aromatic rings. The molecule has 0 amide bonds. The monoisotopic (exact) mass is 275 g/mol. The molecule has 0 saturated heterocycles. The Morgan fingerprint density at radius 1 is 1.26 bits per heavy atom. The van der Waals surface area contributed by atoms with Crippen molar-refractivity contribution < 1.29 is 9.90 Å². The summed E-state index contributed by atoms with van der Waals surface area (Å²) in [4.78, 5) is 11.2. The average Bonchev–Trinajstić information content (AvgIpc) is 2.37. The quantitative estimate of drug-likeness (QED) is 0.888. The molecule has 2 N–H and O–H groups in total. The van der Waals surface area contributed by atoms with Crippen LogP contribution in [0.4, 0.5) is 5.69 Å². The molecule has 0 saturated carbocycles. The fourth-order valence-corrected chi connectivity index (χ4v) is 2.05. The summed E-state index contributed by atoms with van der Waals surface area (Å²) >= 11 is 5.91. The Labute approximate surface area is 116 Å². The van der Waals surface area contributed by atoms with E-state index in [0.29, 0.717) is 17.3 Å². The van der Waals surface area contributed by atoms with Gasteiger partial charge in [0, 0.05) is 17.3 Å². The molecule has 2 rings (SSSR count). The first-order chi connectivity index (χ1) is 9.06. The van der Waals surface area contributed by atoms with E-state index in [1.807, 2.05) is 31.2 Å². The van der Waals surface area contributed by atoms with Gasteiger partial charge < -0.3 is 10.4 Å². The van der Waals surface area contributed by atoms with E-state index >= 15 is 0 Å². The molecule has 0 aliphatic rings. The Morgan fingerprint density at radius 2 is 2.05 bits per heavy atom. The van der Waals surface area contributed by atoms with Crippen LogP contribution < -0.4 is 5.32 Å². The summed E-state index contributed by atoms with van der Waals surface area (Å²) in [5, 5.41) is 13.0. The number of carboxylic acid groups (broad SMARTS) is 1. The van der Waals surface area contributed by atoms with Crippen LogP contribution in [0.25, 0.3) is 0 Å². The van der Waals surface area contributed by atoms with Crippen molar-refractivity contribution in [2.45, 2.75) is 13.5 Å². The van der Waals surface area contributed by atoms with Crippen LogP contribution in [0.3, 0.4) is 0 Å². The second-order valence-electron chi connectivity index (χ2n) is 4.34. The fraction of sp³-hybridized carbons (Fsp3) is 0.133. The third-order valence-corrected chi connectivity index (χ3v) is 3.01. The van der Waals surface area contributed by atoms with Gasteiger partial charge in [0.25, 0.3) is 0 Å². The number of aryl methyl sites for hydroxylation is 1. The molecule has 0 aliphatic heterocycles. The number of aromatic carboxylic acids is 1. The summed E-state index contributed by atoms with van der Waals surface area (Å²) in [5.74, 6) is -0.933. The van der Waals surface area contributed by atoms with E-state index in [2.05, 4.69) is 5.32 Å². The minimum absolute atomic E-state index is 0.280. The van der Waals surface area contributed by atoms with Crippen molar-refractivity contribution in [1.82, 2.24) is 0 Å². The summed E-state index contributed by atoms with van der Waals surface area (Å²) in [6.07, 6.45) is 0. The number of hydrogen-bond donors (Lipinski definition) is 2. The second-order valence-corrected chi connectivity index (χ2v) is 4.77. The van der Waals surface area contributed by atoms with Crippen LogP contribution in [0.2, 0.25) is 5.02 Å². The molecule has 0 unspecified atom stereocenters. The van der Waals surface area contributed by atoms with Crippen LogP contribution in [0, 0.1) is 6.92 Å². The lowest BCUT2D eigenvalue weighted by Gasteiger charge is -2.10. The molecule has 19 heavy (non-hydrogen) atoms. The third-order valence-electron chi connectivity index (χ3n) is 2.78. The molecular weight excluding hydrogens is 262 g/mol. The fourth-order valence-electron chi connectivity index (χ4n) is 1.83. The minimum Gasteiger partial charge on any atom is -0.478 e. The number of hydrogen-bond acceptors (Lipinski definition) is 2. The van der Waals surface area contributed by atoms with Gasteiger partial charge in [-0.2, -0.15) is 0 Å². The van der Waals surface area contributed by atoms with Gasteiger partial charge >= 0.3 is 5.97 Å². The largest absolute Gasteiger partial charge is 0.478 e. The van der Waals surface area contributed by atoms with Crippen molar-refractivity contribution in [3.05, 3.63) is 64.2 Å². The molecule has 0 spiro atoms. The molecule has 2 aromatic carbocycles. The van der Waals surface area contributed by atoms with Gasteiger partial charge in [-0.3, -0.25) is 0 Å². The zero-order valence-electron chi connectivity index (χ0n) is 10.5. The topological polar surface area (TPSA) is 49.3 Å². The predicted molar refractivity (Wildman–Crippen MR) is 76.9 cm³/mol. The van der Waals surface area contributed by atoms with Crippen molar-refractivity contribution in [3.8, 4) is 0 Å². The Hall–Kier alpha value is -2.00. The van der Waals surface area contributed by atoms with Crippen molar-refractivity contribution in [1.29, 1.82) is 0 Å². The van der Waals surface area contributed by atoms with Crippen LogP contribution in [0.5, 0.6) is 0 Å². The summed E-state index contributed by atoms with van der Waals surface area (Å²) in [7, 11) is 0. The average molecular weight is 276 g/mol. The highest BCUT2D eigenvalue weighted by atomic mass is 35.5. The van der Waals surface area contributed by atoms with Crippen LogP contribution in [0.1, 0.15) is 21.5 Å². The smallest absolute Gasteiger partial charge is 0.337 e. The predicted octanol–water partition coefficient (Wildman–Crippen LogP) is 3.96. The number of benzene rings is 2. The van der Waals surface area contributed by atoms with Crippen molar-refractivity contribution in [2.75, 3.05) is 5.32 Å². The molecule has 3 nitrogen and oxygen atoms in total. The number of rotatable bonds is 4. The number of halogens is 1. The lowest BCUT2D eigenvalue weighted by atomic mass is 10.1. The first-order valence-corrected chi connectivity index (χ1v) is 6.26. The molecule has 0 aliphatic carbocycles. The van der Waals surface area contributed by atoms with Gasteiger partial charge in [0.1, 0.15) is 0 Å². The number of anilines is 1. The zero-order chi connectivity index (χ0) is 13.8. The number of carbonyl (C=O) groups is 1. The van der Waals surface area contributed by atoms with Gasteiger partial charge in [-0.05, 0) is 36.8 Å². The maximum absolute atomic E-state index is 11.2. The highest BCUT2D eigenvalue weighted by Gasteiger charge is 2.09. The molecule has 0 radical (unpaired) electrons. The highest BCUT2D eigenvalue weighted by Crippen LogP contribution is 2.19. The summed E-state index contributed by atoms with van der Waals surface area (Å²) in [5.41, 5.74) is 2.82. The maximum atomic E-state index is 11.2. The Balaban J connectivity index is 2.17. The van der Waals surface area contributed by atoms with Crippen molar-refractivity contribution in [2.24, 2.45) is 0 Å². The normalized spacial score (nSPS) is 10.2. The lowest BCUT2D eigenvalue weighted by molar-refractivity contribution is 0.0698. The van der Waals surface area contributed by atoms with Gasteiger partial charge in [0.2, 0.25) is 0 Å². The molecule has 0 atom stereocenters. The van der Waals surface area contributed by atoms with Gasteiger partial charge in [-0.25, -0.2) is 4.79 Å². The summed E-state index contributed by atoms with van der Waals surface area (Å²) in [6.45, 7) is 2.40. The third kappa shape index (κ3) is 3.48. The number of nitrogens with one attached hydrogen (secondary N) is 1. The SMILES string of the molecule is Cc1ccc(NCc2cccc(Cl)c2)c(C(=O)O)c1. The Morgan fingerprint density at radius 3 is 2.74 bits per heavy atom. The molecule has 0 heterocycles. The maximum Gasteiger partial charge on any atom is 0.337 e. The van der Waals surface area contributed by atoms with Crippen LogP contribution in [-0.2, 0) is 6.54 Å². The first kappa shape index (κ1) is 13.4. The molecule has 0 bridgehead atoms. The number of carboxylic acids is 1. The van der Waals surface area contributed by atoms with Crippen molar-refractivity contribution in [3.63, 3.8) is 0 Å². The molecule has 0 aromatic heterocycles. The summed E-state index contributed by atoms with van der Waals surface area (Å²) < 4.78 is 0. The van der Waals surface area contributed by atoms with E-state index in [1.165, 1.54) is 0 Å². The lowest BCUT2D eigenvalue weighted by Crippen LogP contribution is -2.06. The van der Waals surface area contributed by atoms with E-state index in [4.69, 9.17) is 11.6 Å². The molecule has 98 valence electrons. The van der Waals surface area contributed by atoms with Crippen LogP contribution in [0.15, 0.2) is 42.5 Å². The van der Waals surface area contributed by atoms with E-state index in [1.54, 1.807) is 18.2 Å². The standard InChI is InChI=1S/C15H14ClNO2/c1-10-5-6-14(13(7-10)15(18)19)17-9-11-3-2-4-12(16)8-11/h2-8,17H,9H2,1H3,(H,18,19). The highest BCUT2D eigenvalue weighted by molar-refractivity contribution is 6.30. The zero-order valence-corrected chi connectivity index (χ0v) is 11.2. The van der Waals surface area contributed by atoms with E-state index in [-0.39, 0.29) is 5.56 Å². The summed E-state index contributed by atoms with van der Waals surface area (Å²) in [6, 6.07) is 12.8. The van der Waals surface area contributed by atoms with E-state index in [9.17, 15) is 9.90 Å². The Kier molecular flexibility index (Phi) is 4.07. The second kappa shape index (κ2) is 5.76. The minimum atomic E-state index is -0.933.